The van der Waals surface area contributed by atoms with Crippen LogP contribution in [0.3, 0.4) is 0 Å². The topological polar surface area (TPSA) is 68.4 Å². The van der Waals surface area contributed by atoms with E-state index in [2.05, 4.69) is 10.1 Å². The summed E-state index contributed by atoms with van der Waals surface area (Å²) in [6.07, 6.45) is -0.772. The number of hydrogen-bond acceptors (Lipinski definition) is 5. The van der Waals surface area contributed by atoms with E-state index in [1.54, 1.807) is 25.1 Å². The Balaban J connectivity index is 2.44. The first-order chi connectivity index (χ1) is 8.11. The highest BCUT2D eigenvalue weighted by Crippen LogP contribution is 2.31. The Labute approximate surface area is 103 Å². The van der Waals surface area contributed by atoms with Crippen molar-refractivity contribution < 1.29 is 14.4 Å². The molecule has 0 aliphatic carbocycles. The maximum Gasteiger partial charge on any atom is 0.261 e. The molecule has 5 nitrogen and oxygen atoms in total. The third-order valence-corrected chi connectivity index (χ3v) is 2.44. The Kier molecular flexibility index (Phi) is 3.31. The van der Waals surface area contributed by atoms with Crippen molar-refractivity contribution >= 4 is 11.6 Å². The zero-order valence-electron chi connectivity index (χ0n) is 9.35. The van der Waals surface area contributed by atoms with Gasteiger partial charge in [0.25, 0.3) is 5.89 Å². The fraction of sp³-hybridized carbons (Fsp3) is 0.273. The molecule has 0 fully saturated rings. The molecule has 1 atom stereocenters. The molecular formula is C11H11ClN2O3. The summed E-state index contributed by atoms with van der Waals surface area (Å²) in [7, 11) is 1.53. The molecule has 1 heterocycles. The predicted molar refractivity (Wildman–Crippen MR) is 61.9 cm³/mol. The van der Waals surface area contributed by atoms with Crippen LogP contribution in [0.1, 0.15) is 18.9 Å². The van der Waals surface area contributed by atoms with E-state index in [0.29, 0.717) is 16.3 Å². The van der Waals surface area contributed by atoms with E-state index in [0.717, 1.165) is 0 Å². The number of ether oxygens (including phenoxy) is 1. The van der Waals surface area contributed by atoms with E-state index in [1.807, 2.05) is 0 Å². The second-order valence-corrected chi connectivity index (χ2v) is 3.91. The van der Waals surface area contributed by atoms with Gasteiger partial charge in [-0.05, 0) is 25.1 Å². The minimum absolute atomic E-state index is 0.233. The summed E-state index contributed by atoms with van der Waals surface area (Å²) in [5.74, 6) is 1.06. The van der Waals surface area contributed by atoms with Gasteiger partial charge in [-0.2, -0.15) is 4.98 Å². The van der Waals surface area contributed by atoms with Gasteiger partial charge < -0.3 is 14.4 Å². The number of aromatic nitrogens is 2. The van der Waals surface area contributed by atoms with E-state index in [1.165, 1.54) is 7.11 Å². The monoisotopic (exact) mass is 254 g/mol. The number of rotatable bonds is 3. The minimum Gasteiger partial charge on any atom is -0.496 e. The van der Waals surface area contributed by atoms with Crippen molar-refractivity contribution in [3.8, 4) is 17.2 Å². The molecule has 0 spiro atoms. The SMILES string of the molecule is COc1cc(Cl)ccc1-c1nc(C(C)O)no1. The molecule has 0 saturated carbocycles. The third kappa shape index (κ3) is 2.40. The Morgan fingerprint density at radius 2 is 2.24 bits per heavy atom. The summed E-state index contributed by atoms with van der Waals surface area (Å²) >= 11 is 5.85. The quantitative estimate of drug-likeness (QED) is 0.911. The largest absolute Gasteiger partial charge is 0.496 e. The van der Waals surface area contributed by atoms with Crippen LogP contribution < -0.4 is 4.74 Å². The second-order valence-electron chi connectivity index (χ2n) is 3.48. The van der Waals surface area contributed by atoms with Crippen LogP contribution in [-0.2, 0) is 0 Å². The van der Waals surface area contributed by atoms with Crippen molar-refractivity contribution in [1.82, 2.24) is 10.1 Å². The van der Waals surface area contributed by atoms with Crippen LogP contribution in [0.15, 0.2) is 22.7 Å². The van der Waals surface area contributed by atoms with Gasteiger partial charge >= 0.3 is 0 Å². The highest BCUT2D eigenvalue weighted by Gasteiger charge is 2.16. The van der Waals surface area contributed by atoms with Crippen molar-refractivity contribution in [3.05, 3.63) is 29.0 Å². The molecule has 0 bridgehead atoms. The molecular weight excluding hydrogens is 244 g/mol. The number of halogens is 1. The maximum atomic E-state index is 9.32. The average Bonchev–Trinajstić information content (AvgIpc) is 2.78. The zero-order valence-corrected chi connectivity index (χ0v) is 10.1. The van der Waals surface area contributed by atoms with Gasteiger partial charge in [0.15, 0.2) is 5.82 Å². The lowest BCUT2D eigenvalue weighted by atomic mass is 10.2. The lowest BCUT2D eigenvalue weighted by Crippen LogP contribution is -1.93. The standard InChI is InChI=1S/C11H11ClN2O3/c1-6(15)10-13-11(17-14-10)8-4-3-7(12)5-9(8)16-2/h3-6,15H,1-2H3. The second kappa shape index (κ2) is 4.73. The summed E-state index contributed by atoms with van der Waals surface area (Å²) < 4.78 is 10.2. The molecule has 1 aromatic carbocycles. The van der Waals surface area contributed by atoms with E-state index in [-0.39, 0.29) is 11.7 Å². The van der Waals surface area contributed by atoms with Gasteiger partial charge in [-0.25, -0.2) is 0 Å². The molecule has 0 radical (unpaired) electrons. The number of methoxy groups -OCH3 is 1. The third-order valence-electron chi connectivity index (χ3n) is 2.21. The first-order valence-electron chi connectivity index (χ1n) is 4.97. The van der Waals surface area contributed by atoms with Crippen LogP contribution in [0.4, 0.5) is 0 Å². The molecule has 0 aliphatic rings. The van der Waals surface area contributed by atoms with Crippen LogP contribution in [-0.4, -0.2) is 22.4 Å². The van der Waals surface area contributed by atoms with Crippen molar-refractivity contribution in [1.29, 1.82) is 0 Å². The number of aliphatic hydroxyl groups excluding tert-OH is 1. The van der Waals surface area contributed by atoms with Gasteiger partial charge in [-0.3, -0.25) is 0 Å². The number of hydrogen-bond donors (Lipinski definition) is 1. The van der Waals surface area contributed by atoms with Crippen LogP contribution in [0, 0.1) is 0 Å². The average molecular weight is 255 g/mol. The Morgan fingerprint density at radius 1 is 1.47 bits per heavy atom. The molecule has 2 aromatic rings. The van der Waals surface area contributed by atoms with E-state index in [4.69, 9.17) is 20.9 Å². The summed E-state index contributed by atoms with van der Waals surface area (Å²) in [6, 6.07) is 5.08. The fourth-order valence-electron chi connectivity index (χ4n) is 1.36. The molecule has 2 rings (SSSR count). The van der Waals surface area contributed by atoms with Crippen molar-refractivity contribution in [2.45, 2.75) is 13.0 Å². The number of nitrogens with zero attached hydrogens (tertiary/aromatic N) is 2. The molecule has 0 amide bonds. The molecule has 1 N–H and O–H groups in total. The molecule has 1 aromatic heterocycles. The summed E-state index contributed by atoms with van der Waals surface area (Å²) in [5.41, 5.74) is 0.635. The molecule has 0 aliphatic heterocycles. The smallest absolute Gasteiger partial charge is 0.261 e. The van der Waals surface area contributed by atoms with Crippen molar-refractivity contribution in [2.75, 3.05) is 7.11 Å². The Morgan fingerprint density at radius 3 is 2.82 bits per heavy atom. The van der Waals surface area contributed by atoms with Gasteiger partial charge in [0.1, 0.15) is 11.9 Å². The summed E-state index contributed by atoms with van der Waals surface area (Å²) in [5, 5.41) is 13.5. The summed E-state index contributed by atoms with van der Waals surface area (Å²) in [6.45, 7) is 1.56. The van der Waals surface area contributed by atoms with Crippen LogP contribution >= 0.6 is 11.6 Å². The number of benzene rings is 1. The van der Waals surface area contributed by atoms with Crippen LogP contribution in [0.25, 0.3) is 11.5 Å². The predicted octanol–water partition coefficient (Wildman–Crippen LogP) is 2.45. The maximum absolute atomic E-state index is 9.32. The minimum atomic E-state index is -0.772. The van der Waals surface area contributed by atoms with E-state index in [9.17, 15) is 5.11 Å². The first kappa shape index (κ1) is 11.9. The van der Waals surface area contributed by atoms with Gasteiger partial charge in [0.2, 0.25) is 0 Å². The van der Waals surface area contributed by atoms with E-state index < -0.39 is 6.10 Å². The fourth-order valence-corrected chi connectivity index (χ4v) is 1.52. The lowest BCUT2D eigenvalue weighted by Gasteiger charge is -2.04. The number of aliphatic hydroxyl groups is 1. The molecule has 0 saturated heterocycles. The molecule has 1 unspecified atom stereocenters. The van der Waals surface area contributed by atoms with Crippen LogP contribution in [0.5, 0.6) is 5.75 Å². The lowest BCUT2D eigenvalue weighted by molar-refractivity contribution is 0.184. The van der Waals surface area contributed by atoms with Crippen molar-refractivity contribution in [2.24, 2.45) is 0 Å². The van der Waals surface area contributed by atoms with Gasteiger partial charge in [-0.1, -0.05) is 16.8 Å². The zero-order chi connectivity index (χ0) is 12.4. The van der Waals surface area contributed by atoms with Gasteiger partial charge in [-0.15, -0.1) is 0 Å². The Bertz CT molecular complexity index is 525. The van der Waals surface area contributed by atoms with Gasteiger partial charge in [0, 0.05) is 5.02 Å². The molecule has 6 heteroatoms. The van der Waals surface area contributed by atoms with Crippen LogP contribution in [0.2, 0.25) is 5.02 Å². The van der Waals surface area contributed by atoms with E-state index >= 15 is 0 Å². The summed E-state index contributed by atoms with van der Waals surface area (Å²) in [4.78, 5) is 4.07. The molecule has 17 heavy (non-hydrogen) atoms. The normalized spacial score (nSPS) is 12.5. The highest BCUT2D eigenvalue weighted by atomic mass is 35.5. The first-order valence-corrected chi connectivity index (χ1v) is 5.35. The van der Waals surface area contributed by atoms with Gasteiger partial charge in [0.05, 0.1) is 12.7 Å². The van der Waals surface area contributed by atoms with Crippen molar-refractivity contribution in [3.63, 3.8) is 0 Å². The Hall–Kier alpha value is -1.59. The molecule has 90 valence electrons. The highest BCUT2D eigenvalue weighted by molar-refractivity contribution is 6.30.